The molecule has 130 valence electrons. The fourth-order valence-electron chi connectivity index (χ4n) is 2.37. The average Bonchev–Trinajstić information content (AvgIpc) is 3.01. The molecule has 0 saturated heterocycles. The van der Waals surface area contributed by atoms with Crippen molar-refractivity contribution in [2.75, 3.05) is 25.3 Å². The summed E-state index contributed by atoms with van der Waals surface area (Å²) < 4.78 is 11.5. The van der Waals surface area contributed by atoms with Gasteiger partial charge < -0.3 is 9.47 Å². The smallest absolute Gasteiger partial charge is 0.257 e. The molecule has 1 amide bonds. The van der Waals surface area contributed by atoms with E-state index in [2.05, 4.69) is 17.2 Å². The summed E-state index contributed by atoms with van der Waals surface area (Å²) in [6.45, 7) is 2.08. The van der Waals surface area contributed by atoms with Crippen LogP contribution in [0.1, 0.15) is 17.3 Å². The number of carbonyl (C=O) groups is 1. The third-order valence-electron chi connectivity index (χ3n) is 3.52. The number of amides is 1. The van der Waals surface area contributed by atoms with E-state index >= 15 is 0 Å². The van der Waals surface area contributed by atoms with Gasteiger partial charge in [0.15, 0.2) is 16.6 Å². The van der Waals surface area contributed by atoms with E-state index in [1.165, 1.54) is 11.3 Å². The molecule has 1 N–H and O–H groups in total. The Balaban J connectivity index is 1.85. The van der Waals surface area contributed by atoms with Crippen molar-refractivity contribution in [3.63, 3.8) is 0 Å². The summed E-state index contributed by atoms with van der Waals surface area (Å²) in [5.74, 6) is 2.05. The predicted octanol–water partition coefficient (Wildman–Crippen LogP) is 4.68. The number of carbonyl (C=O) groups excluding carboxylic acids is 1. The molecule has 5 nitrogen and oxygen atoms in total. The molecular weight excluding hydrogens is 356 g/mol. The Hall–Kier alpha value is -2.25. The van der Waals surface area contributed by atoms with Crippen LogP contribution in [0, 0.1) is 0 Å². The molecule has 0 fully saturated rings. The van der Waals surface area contributed by atoms with E-state index in [-0.39, 0.29) is 5.91 Å². The van der Waals surface area contributed by atoms with E-state index in [1.54, 1.807) is 38.1 Å². The normalized spacial score (nSPS) is 10.7. The number of nitrogens with zero attached hydrogens (tertiary/aromatic N) is 1. The minimum atomic E-state index is -0.170. The van der Waals surface area contributed by atoms with Crippen LogP contribution >= 0.6 is 23.1 Å². The number of nitrogens with one attached hydrogen (secondary N) is 1. The van der Waals surface area contributed by atoms with E-state index in [0.29, 0.717) is 22.2 Å². The van der Waals surface area contributed by atoms with Gasteiger partial charge in [0.1, 0.15) is 0 Å². The monoisotopic (exact) mass is 374 g/mol. The van der Waals surface area contributed by atoms with E-state index < -0.39 is 0 Å². The highest BCUT2D eigenvalue weighted by Crippen LogP contribution is 2.36. The lowest BCUT2D eigenvalue weighted by atomic mass is 10.2. The SMILES string of the molecule is CCSc1cccc(C(=O)Nc2nc3cc(OC)c(OC)cc3s2)c1. The first-order valence-corrected chi connectivity index (χ1v) is 9.51. The lowest BCUT2D eigenvalue weighted by Crippen LogP contribution is -2.11. The van der Waals surface area contributed by atoms with Gasteiger partial charge in [0.25, 0.3) is 5.91 Å². The first-order valence-electron chi connectivity index (χ1n) is 7.71. The molecular formula is C18H18N2O3S2. The van der Waals surface area contributed by atoms with Crippen molar-refractivity contribution < 1.29 is 14.3 Å². The molecule has 3 rings (SSSR count). The highest BCUT2D eigenvalue weighted by atomic mass is 32.2. The Labute approximate surface area is 154 Å². The van der Waals surface area contributed by atoms with Crippen molar-refractivity contribution in [3.05, 3.63) is 42.0 Å². The van der Waals surface area contributed by atoms with Gasteiger partial charge in [0.05, 0.1) is 24.4 Å². The van der Waals surface area contributed by atoms with Crippen LogP contribution in [-0.2, 0) is 0 Å². The zero-order valence-corrected chi connectivity index (χ0v) is 15.8. The Kier molecular flexibility index (Phi) is 5.45. The summed E-state index contributed by atoms with van der Waals surface area (Å²) in [6, 6.07) is 11.2. The number of benzene rings is 2. The zero-order chi connectivity index (χ0) is 17.8. The van der Waals surface area contributed by atoms with Gasteiger partial charge in [0.2, 0.25) is 0 Å². The van der Waals surface area contributed by atoms with Crippen LogP contribution in [0.2, 0.25) is 0 Å². The third kappa shape index (κ3) is 3.88. The maximum Gasteiger partial charge on any atom is 0.257 e. The Morgan fingerprint density at radius 2 is 1.96 bits per heavy atom. The van der Waals surface area contributed by atoms with Gasteiger partial charge >= 0.3 is 0 Å². The van der Waals surface area contributed by atoms with Crippen molar-refractivity contribution in [1.82, 2.24) is 4.98 Å². The summed E-state index contributed by atoms with van der Waals surface area (Å²) in [5.41, 5.74) is 1.38. The van der Waals surface area contributed by atoms with Gasteiger partial charge in [-0.1, -0.05) is 24.3 Å². The van der Waals surface area contributed by atoms with E-state index in [0.717, 1.165) is 20.9 Å². The lowest BCUT2D eigenvalue weighted by Gasteiger charge is -2.05. The van der Waals surface area contributed by atoms with Crippen LogP contribution in [0.15, 0.2) is 41.3 Å². The van der Waals surface area contributed by atoms with E-state index in [9.17, 15) is 4.79 Å². The number of methoxy groups -OCH3 is 2. The number of hydrogen-bond donors (Lipinski definition) is 1. The molecule has 0 aliphatic rings. The molecule has 25 heavy (non-hydrogen) atoms. The molecule has 0 aliphatic heterocycles. The number of ether oxygens (including phenoxy) is 2. The Bertz CT molecular complexity index is 867. The maximum absolute atomic E-state index is 12.5. The molecule has 0 atom stereocenters. The molecule has 0 saturated carbocycles. The van der Waals surface area contributed by atoms with Gasteiger partial charge in [-0.15, -0.1) is 11.8 Å². The molecule has 3 aromatic rings. The minimum Gasteiger partial charge on any atom is -0.493 e. The molecule has 0 radical (unpaired) electrons. The summed E-state index contributed by atoms with van der Waals surface area (Å²) in [6.07, 6.45) is 0. The topological polar surface area (TPSA) is 60.5 Å². The molecule has 2 aromatic carbocycles. The van der Waals surface area contributed by atoms with Crippen molar-refractivity contribution in [2.24, 2.45) is 0 Å². The highest BCUT2D eigenvalue weighted by Gasteiger charge is 2.13. The fraction of sp³-hybridized carbons (Fsp3) is 0.222. The van der Waals surface area contributed by atoms with Gasteiger partial charge in [-0.3, -0.25) is 10.1 Å². The molecule has 7 heteroatoms. The predicted molar refractivity (Wildman–Crippen MR) is 104 cm³/mol. The van der Waals surface area contributed by atoms with Crippen LogP contribution in [0.5, 0.6) is 11.5 Å². The first kappa shape index (κ1) is 17.6. The quantitative estimate of drug-likeness (QED) is 0.635. The molecule has 1 aromatic heterocycles. The second-order valence-corrected chi connectivity index (χ2v) is 7.48. The van der Waals surface area contributed by atoms with Crippen LogP contribution in [0.3, 0.4) is 0 Å². The Morgan fingerprint density at radius 1 is 1.20 bits per heavy atom. The van der Waals surface area contributed by atoms with Gasteiger partial charge in [0, 0.05) is 22.6 Å². The molecule has 0 aliphatic carbocycles. The number of thioether (sulfide) groups is 1. The number of aromatic nitrogens is 1. The number of rotatable bonds is 6. The number of fused-ring (bicyclic) bond motifs is 1. The largest absolute Gasteiger partial charge is 0.493 e. The number of anilines is 1. The minimum absolute atomic E-state index is 0.170. The van der Waals surface area contributed by atoms with Crippen molar-refractivity contribution in [2.45, 2.75) is 11.8 Å². The first-order chi connectivity index (χ1) is 12.1. The Morgan fingerprint density at radius 3 is 2.68 bits per heavy atom. The molecule has 0 bridgehead atoms. The molecule has 0 spiro atoms. The second kappa shape index (κ2) is 7.76. The zero-order valence-electron chi connectivity index (χ0n) is 14.2. The van der Waals surface area contributed by atoms with E-state index in [4.69, 9.17) is 9.47 Å². The summed E-state index contributed by atoms with van der Waals surface area (Å²) in [7, 11) is 3.18. The lowest BCUT2D eigenvalue weighted by molar-refractivity contribution is 0.102. The van der Waals surface area contributed by atoms with Crippen molar-refractivity contribution in [3.8, 4) is 11.5 Å². The second-order valence-electron chi connectivity index (χ2n) is 5.11. The van der Waals surface area contributed by atoms with Gasteiger partial charge in [-0.05, 0) is 24.0 Å². The van der Waals surface area contributed by atoms with E-state index in [1.807, 2.05) is 24.3 Å². The average molecular weight is 374 g/mol. The third-order valence-corrected chi connectivity index (χ3v) is 5.33. The van der Waals surface area contributed by atoms with Gasteiger partial charge in [-0.25, -0.2) is 4.98 Å². The van der Waals surface area contributed by atoms with Crippen LogP contribution in [0.25, 0.3) is 10.2 Å². The van der Waals surface area contributed by atoms with Crippen molar-refractivity contribution >= 4 is 44.4 Å². The number of thiazole rings is 1. The summed E-state index contributed by atoms with van der Waals surface area (Å²) in [5, 5.41) is 3.41. The maximum atomic E-state index is 12.5. The molecule has 1 heterocycles. The molecule has 0 unspecified atom stereocenters. The van der Waals surface area contributed by atoms with Gasteiger partial charge in [-0.2, -0.15) is 0 Å². The van der Waals surface area contributed by atoms with Crippen molar-refractivity contribution in [1.29, 1.82) is 0 Å². The van der Waals surface area contributed by atoms with Crippen LogP contribution < -0.4 is 14.8 Å². The van der Waals surface area contributed by atoms with Crippen LogP contribution in [-0.4, -0.2) is 30.9 Å². The fourth-order valence-corrected chi connectivity index (χ4v) is 3.96. The van der Waals surface area contributed by atoms with Crippen LogP contribution in [0.4, 0.5) is 5.13 Å². The summed E-state index contributed by atoms with van der Waals surface area (Å²) in [4.78, 5) is 18.0. The standard InChI is InChI=1S/C18H18N2O3S2/c1-4-24-12-7-5-6-11(8-12)17(21)20-18-19-13-9-14(22-2)15(23-3)10-16(13)25-18/h5-10H,4H2,1-3H3,(H,19,20,21). The summed E-state index contributed by atoms with van der Waals surface area (Å²) >= 11 is 3.10. The number of hydrogen-bond acceptors (Lipinski definition) is 6. The highest BCUT2D eigenvalue weighted by molar-refractivity contribution is 7.99.